The Kier molecular flexibility index (Phi) is 5.57. The molecule has 1 nitrogen and oxygen atoms in total. The van der Waals surface area contributed by atoms with Gasteiger partial charge < -0.3 is 5.32 Å². The van der Waals surface area contributed by atoms with E-state index in [9.17, 15) is 8.78 Å². The molecule has 112 valence electrons. The molecule has 0 radical (unpaired) electrons. The summed E-state index contributed by atoms with van der Waals surface area (Å²) in [5, 5.41) is 4.32. The van der Waals surface area contributed by atoms with Gasteiger partial charge >= 0.3 is 0 Å². The second-order valence-corrected chi connectivity index (χ2v) is 5.58. The lowest BCUT2D eigenvalue weighted by Gasteiger charge is -2.18. The first-order chi connectivity index (χ1) is 10.0. The van der Waals surface area contributed by atoms with E-state index in [4.69, 9.17) is 23.2 Å². The summed E-state index contributed by atoms with van der Waals surface area (Å²) in [5.74, 6) is -1.67. The largest absolute Gasteiger partial charge is 0.306 e. The van der Waals surface area contributed by atoms with E-state index in [-0.39, 0.29) is 6.04 Å². The minimum atomic E-state index is -0.838. The van der Waals surface area contributed by atoms with Crippen LogP contribution in [-0.4, -0.2) is 0 Å². The Labute approximate surface area is 132 Å². The number of halogens is 4. The maximum absolute atomic E-state index is 13.2. The number of rotatable bonds is 5. The molecule has 21 heavy (non-hydrogen) atoms. The van der Waals surface area contributed by atoms with E-state index < -0.39 is 11.6 Å². The molecule has 1 unspecified atom stereocenters. The minimum Gasteiger partial charge on any atom is -0.306 e. The van der Waals surface area contributed by atoms with Gasteiger partial charge in [-0.3, -0.25) is 0 Å². The van der Waals surface area contributed by atoms with Crippen LogP contribution in [0.5, 0.6) is 0 Å². The molecule has 0 saturated heterocycles. The van der Waals surface area contributed by atoms with Gasteiger partial charge in [0.05, 0.1) is 10.0 Å². The first-order valence-electron chi connectivity index (χ1n) is 6.63. The number of benzene rings is 2. The Morgan fingerprint density at radius 2 is 1.76 bits per heavy atom. The predicted molar refractivity (Wildman–Crippen MR) is 82.7 cm³/mol. The van der Waals surface area contributed by atoms with Crippen molar-refractivity contribution < 1.29 is 8.78 Å². The Morgan fingerprint density at radius 1 is 1.00 bits per heavy atom. The maximum Gasteiger partial charge on any atom is 0.159 e. The monoisotopic (exact) mass is 329 g/mol. The first-order valence-corrected chi connectivity index (χ1v) is 7.39. The fourth-order valence-electron chi connectivity index (χ4n) is 2.12. The van der Waals surface area contributed by atoms with Gasteiger partial charge in [0.2, 0.25) is 0 Å². The lowest BCUT2D eigenvalue weighted by molar-refractivity contribution is 0.497. The van der Waals surface area contributed by atoms with E-state index >= 15 is 0 Å². The molecule has 0 saturated carbocycles. The zero-order valence-electron chi connectivity index (χ0n) is 11.5. The van der Waals surface area contributed by atoms with Crippen LogP contribution in [0.1, 0.15) is 30.5 Å². The van der Waals surface area contributed by atoms with Crippen molar-refractivity contribution in [3.8, 4) is 0 Å². The van der Waals surface area contributed by atoms with Crippen LogP contribution in [0.15, 0.2) is 36.4 Å². The number of nitrogens with one attached hydrogen (secondary N) is 1. The number of hydrogen-bond acceptors (Lipinski definition) is 1. The summed E-state index contributed by atoms with van der Waals surface area (Å²) >= 11 is 11.9. The van der Waals surface area contributed by atoms with E-state index in [1.165, 1.54) is 6.07 Å². The normalized spacial score (nSPS) is 12.4. The molecule has 0 amide bonds. The highest BCUT2D eigenvalue weighted by atomic mass is 35.5. The van der Waals surface area contributed by atoms with Gasteiger partial charge in [-0.1, -0.05) is 42.3 Å². The Balaban J connectivity index is 2.08. The third-order valence-electron chi connectivity index (χ3n) is 3.29. The molecule has 5 heteroatoms. The van der Waals surface area contributed by atoms with Gasteiger partial charge in [-0.05, 0) is 41.8 Å². The summed E-state index contributed by atoms with van der Waals surface area (Å²) in [6.07, 6.45) is 0.835. The molecule has 0 fully saturated rings. The molecule has 0 spiro atoms. The Bertz CT molecular complexity index is 632. The van der Waals surface area contributed by atoms with Gasteiger partial charge in [0.15, 0.2) is 11.6 Å². The van der Waals surface area contributed by atoms with Gasteiger partial charge in [-0.25, -0.2) is 8.78 Å². The standard InChI is InChI=1S/C16H15Cl2F2N/c1-2-16(11-4-5-12(17)13(18)8-11)21-9-10-3-6-14(19)15(20)7-10/h3-8,16,21H,2,9H2,1H3. The molecule has 0 heterocycles. The van der Waals surface area contributed by atoms with Crippen molar-refractivity contribution in [2.75, 3.05) is 0 Å². The van der Waals surface area contributed by atoms with Crippen LogP contribution in [-0.2, 0) is 6.54 Å². The SMILES string of the molecule is CCC(NCc1ccc(F)c(F)c1)c1ccc(Cl)c(Cl)c1. The summed E-state index contributed by atoms with van der Waals surface area (Å²) in [5.41, 5.74) is 1.70. The predicted octanol–water partition coefficient (Wildman–Crippen LogP) is 5.51. The second-order valence-electron chi connectivity index (χ2n) is 4.76. The molecular formula is C16H15Cl2F2N. The van der Waals surface area contributed by atoms with Crippen LogP contribution in [0.3, 0.4) is 0 Å². The highest BCUT2D eigenvalue weighted by Gasteiger charge is 2.11. The van der Waals surface area contributed by atoms with Crippen LogP contribution >= 0.6 is 23.2 Å². The molecule has 0 aliphatic rings. The van der Waals surface area contributed by atoms with Crippen LogP contribution < -0.4 is 5.32 Å². The van der Waals surface area contributed by atoms with Crippen LogP contribution in [0.25, 0.3) is 0 Å². The van der Waals surface area contributed by atoms with E-state index in [1.807, 2.05) is 19.1 Å². The molecule has 2 rings (SSSR count). The van der Waals surface area contributed by atoms with Crippen LogP contribution in [0.4, 0.5) is 8.78 Å². The van der Waals surface area contributed by atoms with Crippen molar-refractivity contribution in [1.82, 2.24) is 5.32 Å². The number of hydrogen-bond donors (Lipinski definition) is 1. The van der Waals surface area contributed by atoms with Crippen molar-refractivity contribution in [1.29, 1.82) is 0 Å². The second kappa shape index (κ2) is 7.21. The minimum absolute atomic E-state index is 0.0629. The van der Waals surface area contributed by atoms with E-state index in [1.54, 1.807) is 12.1 Å². The van der Waals surface area contributed by atoms with Crippen LogP contribution in [0, 0.1) is 11.6 Å². The summed E-state index contributed by atoms with van der Waals surface area (Å²) in [4.78, 5) is 0. The van der Waals surface area contributed by atoms with Crippen molar-refractivity contribution in [2.45, 2.75) is 25.9 Å². The highest BCUT2D eigenvalue weighted by Crippen LogP contribution is 2.27. The quantitative estimate of drug-likeness (QED) is 0.762. The van der Waals surface area contributed by atoms with E-state index in [0.29, 0.717) is 22.2 Å². The van der Waals surface area contributed by atoms with Gasteiger partial charge in [0.1, 0.15) is 0 Å². The summed E-state index contributed by atoms with van der Waals surface area (Å²) in [6.45, 7) is 2.47. The Morgan fingerprint density at radius 3 is 2.38 bits per heavy atom. The summed E-state index contributed by atoms with van der Waals surface area (Å²) < 4.78 is 26.1. The average Bonchev–Trinajstić information content (AvgIpc) is 2.47. The third-order valence-corrected chi connectivity index (χ3v) is 4.03. The van der Waals surface area contributed by atoms with Crippen molar-refractivity contribution in [3.05, 3.63) is 69.2 Å². The lowest BCUT2D eigenvalue weighted by atomic mass is 10.0. The van der Waals surface area contributed by atoms with Crippen molar-refractivity contribution in [2.24, 2.45) is 0 Å². The molecule has 0 bridgehead atoms. The van der Waals surface area contributed by atoms with E-state index in [0.717, 1.165) is 18.1 Å². The Hall–Kier alpha value is -1.16. The van der Waals surface area contributed by atoms with Crippen LogP contribution in [0.2, 0.25) is 10.0 Å². The van der Waals surface area contributed by atoms with Gasteiger partial charge in [0.25, 0.3) is 0 Å². The van der Waals surface area contributed by atoms with Crippen molar-refractivity contribution in [3.63, 3.8) is 0 Å². The maximum atomic E-state index is 13.2. The lowest BCUT2D eigenvalue weighted by Crippen LogP contribution is -2.20. The van der Waals surface area contributed by atoms with E-state index in [2.05, 4.69) is 5.32 Å². The topological polar surface area (TPSA) is 12.0 Å². The smallest absolute Gasteiger partial charge is 0.159 e. The molecule has 1 atom stereocenters. The fourth-order valence-corrected chi connectivity index (χ4v) is 2.42. The molecule has 2 aromatic rings. The molecule has 2 aromatic carbocycles. The van der Waals surface area contributed by atoms with Gasteiger partial charge in [-0.2, -0.15) is 0 Å². The summed E-state index contributed by atoms with van der Waals surface area (Å²) in [6, 6.07) is 9.43. The third kappa shape index (κ3) is 4.16. The molecule has 0 aliphatic carbocycles. The summed E-state index contributed by atoms with van der Waals surface area (Å²) in [7, 11) is 0. The zero-order chi connectivity index (χ0) is 15.4. The highest BCUT2D eigenvalue weighted by molar-refractivity contribution is 6.42. The fraction of sp³-hybridized carbons (Fsp3) is 0.250. The molecule has 1 N–H and O–H groups in total. The molecule has 0 aromatic heterocycles. The average molecular weight is 330 g/mol. The molecule has 0 aliphatic heterocycles. The first kappa shape index (κ1) is 16.2. The van der Waals surface area contributed by atoms with Gasteiger partial charge in [-0.15, -0.1) is 0 Å². The van der Waals surface area contributed by atoms with Crippen molar-refractivity contribution >= 4 is 23.2 Å². The van der Waals surface area contributed by atoms with Gasteiger partial charge in [0, 0.05) is 12.6 Å². The molecular weight excluding hydrogens is 315 g/mol. The zero-order valence-corrected chi connectivity index (χ0v) is 13.0.